The number of hydrogen-bond donors (Lipinski definition) is 0. The summed E-state index contributed by atoms with van der Waals surface area (Å²) in [7, 11) is 0. The Bertz CT molecular complexity index is 389. The third-order valence-corrected chi connectivity index (χ3v) is 2.45. The molecule has 0 unspecified atom stereocenters. The van der Waals surface area contributed by atoms with Gasteiger partial charge in [0.2, 0.25) is 0 Å². The molecule has 1 aromatic carbocycles. The van der Waals surface area contributed by atoms with Gasteiger partial charge in [-0.2, -0.15) is 13.2 Å². The van der Waals surface area contributed by atoms with Crippen LogP contribution in [0.15, 0.2) is 24.8 Å². The molecule has 0 fully saturated rings. The summed E-state index contributed by atoms with van der Waals surface area (Å²) in [6, 6.07) is 5.38. The lowest BCUT2D eigenvalue weighted by atomic mass is 9.98. The lowest BCUT2D eigenvalue weighted by Crippen LogP contribution is -2.08. The molecule has 0 aliphatic rings. The van der Waals surface area contributed by atoms with Gasteiger partial charge in [-0.05, 0) is 37.0 Å². The summed E-state index contributed by atoms with van der Waals surface area (Å²) in [6.07, 6.45) is -4.80. The van der Waals surface area contributed by atoms with Gasteiger partial charge in [0.1, 0.15) is 0 Å². The number of allylic oxidation sites excluding steroid dienone is 1. The van der Waals surface area contributed by atoms with Gasteiger partial charge in [0.05, 0.1) is 0 Å². The first-order chi connectivity index (χ1) is 7.29. The van der Waals surface area contributed by atoms with Crippen LogP contribution in [0.3, 0.4) is 0 Å². The lowest BCUT2D eigenvalue weighted by molar-refractivity contribution is -0.133. The minimum absolute atomic E-state index is 0.0425. The summed E-state index contributed by atoms with van der Waals surface area (Å²) in [6.45, 7) is 7.60. The van der Waals surface area contributed by atoms with Gasteiger partial charge < -0.3 is 0 Å². The van der Waals surface area contributed by atoms with Gasteiger partial charge in [0.25, 0.3) is 0 Å². The van der Waals surface area contributed by atoms with Gasteiger partial charge in [-0.15, -0.1) is 0 Å². The number of alkyl halides is 3. The van der Waals surface area contributed by atoms with Gasteiger partial charge in [0, 0.05) is 6.42 Å². The summed E-state index contributed by atoms with van der Waals surface area (Å²) in [5, 5.41) is 0. The van der Waals surface area contributed by atoms with Crippen LogP contribution in [0.5, 0.6) is 0 Å². The first-order valence-corrected chi connectivity index (χ1v) is 5.12. The average Bonchev–Trinajstić information content (AvgIpc) is 2.13. The van der Waals surface area contributed by atoms with Gasteiger partial charge in [-0.1, -0.05) is 30.4 Å². The van der Waals surface area contributed by atoms with Crippen molar-refractivity contribution < 1.29 is 13.2 Å². The number of aryl methyl sites for hydroxylation is 2. The van der Waals surface area contributed by atoms with Crippen molar-refractivity contribution in [2.24, 2.45) is 0 Å². The molecule has 88 valence electrons. The molecular formula is C13H15F3. The average molecular weight is 228 g/mol. The van der Waals surface area contributed by atoms with Crippen LogP contribution in [0.25, 0.3) is 5.57 Å². The molecule has 0 saturated heterocycles. The Labute approximate surface area is 93.8 Å². The number of benzene rings is 1. The van der Waals surface area contributed by atoms with Crippen molar-refractivity contribution in [3.8, 4) is 0 Å². The Kier molecular flexibility index (Phi) is 3.79. The summed E-state index contributed by atoms with van der Waals surface area (Å²) in [5.41, 5.74) is 3.64. The number of rotatable bonds is 3. The smallest absolute Gasteiger partial charge is 0.171 e. The van der Waals surface area contributed by atoms with E-state index in [9.17, 15) is 13.2 Å². The minimum Gasteiger partial charge on any atom is -0.171 e. The minimum atomic E-state index is -4.08. The second kappa shape index (κ2) is 4.73. The molecule has 0 spiro atoms. The zero-order chi connectivity index (χ0) is 12.3. The fourth-order valence-corrected chi connectivity index (χ4v) is 1.65. The van der Waals surface area contributed by atoms with E-state index in [4.69, 9.17) is 0 Å². The van der Waals surface area contributed by atoms with Crippen LogP contribution in [0.1, 0.15) is 30.0 Å². The van der Waals surface area contributed by atoms with Gasteiger partial charge in [0.15, 0.2) is 0 Å². The van der Waals surface area contributed by atoms with Gasteiger partial charge in [-0.25, -0.2) is 0 Å². The van der Waals surface area contributed by atoms with Crippen LogP contribution in [0, 0.1) is 6.92 Å². The predicted octanol–water partition coefficient (Wildman–Crippen LogP) is 4.52. The van der Waals surface area contributed by atoms with E-state index >= 15 is 0 Å². The number of hydrogen-bond acceptors (Lipinski definition) is 0. The van der Waals surface area contributed by atoms with E-state index in [2.05, 4.69) is 6.58 Å². The van der Waals surface area contributed by atoms with Crippen molar-refractivity contribution >= 4 is 5.57 Å². The van der Waals surface area contributed by atoms with E-state index in [0.29, 0.717) is 0 Å². The molecule has 3 heteroatoms. The van der Waals surface area contributed by atoms with E-state index in [1.165, 1.54) is 0 Å². The van der Waals surface area contributed by atoms with Crippen LogP contribution < -0.4 is 0 Å². The van der Waals surface area contributed by atoms with E-state index in [1.54, 1.807) is 12.1 Å². The molecule has 0 radical (unpaired) electrons. The zero-order valence-electron chi connectivity index (χ0n) is 9.49. The van der Waals surface area contributed by atoms with Crippen LogP contribution >= 0.6 is 0 Å². The maximum atomic E-state index is 12.0. The molecule has 16 heavy (non-hydrogen) atoms. The third-order valence-electron chi connectivity index (χ3n) is 2.45. The fourth-order valence-electron chi connectivity index (χ4n) is 1.65. The molecule has 0 aliphatic heterocycles. The molecule has 0 amide bonds. The van der Waals surface area contributed by atoms with E-state index < -0.39 is 12.6 Å². The molecule has 0 N–H and O–H groups in total. The van der Waals surface area contributed by atoms with E-state index in [0.717, 1.165) is 22.3 Å². The summed E-state index contributed by atoms with van der Waals surface area (Å²) in [4.78, 5) is 0. The van der Waals surface area contributed by atoms with Crippen molar-refractivity contribution in [1.82, 2.24) is 0 Å². The summed E-state index contributed by atoms with van der Waals surface area (Å²) in [5.74, 6) is 0. The molecule has 0 atom stereocenters. The summed E-state index contributed by atoms with van der Waals surface area (Å²) >= 11 is 0. The topological polar surface area (TPSA) is 0 Å². The molecule has 0 aliphatic carbocycles. The quantitative estimate of drug-likeness (QED) is 0.713. The Balaban J connectivity index is 2.78. The van der Waals surface area contributed by atoms with E-state index in [1.807, 2.05) is 19.9 Å². The highest BCUT2D eigenvalue weighted by Crippen LogP contribution is 2.24. The van der Waals surface area contributed by atoms with Crippen molar-refractivity contribution in [1.29, 1.82) is 0 Å². The molecule has 0 heterocycles. The monoisotopic (exact) mass is 228 g/mol. The Morgan fingerprint density at radius 2 is 1.94 bits per heavy atom. The van der Waals surface area contributed by atoms with Crippen LogP contribution in [-0.4, -0.2) is 6.18 Å². The summed E-state index contributed by atoms with van der Waals surface area (Å²) < 4.78 is 36.1. The molecule has 0 aromatic heterocycles. The third kappa shape index (κ3) is 3.72. The second-order valence-electron chi connectivity index (χ2n) is 4.04. The van der Waals surface area contributed by atoms with Crippen molar-refractivity contribution in [2.45, 2.75) is 32.9 Å². The standard InChI is InChI=1S/C13H15F3/c1-9(2)12-5-4-11(8-10(12)3)6-7-13(14,15)16/h4-5,8H,1,6-7H2,2-3H3. The Hall–Kier alpha value is -1.25. The molecule has 0 saturated carbocycles. The predicted molar refractivity (Wildman–Crippen MR) is 60.3 cm³/mol. The van der Waals surface area contributed by atoms with Crippen LogP contribution in [0.4, 0.5) is 13.2 Å². The second-order valence-corrected chi connectivity index (χ2v) is 4.04. The van der Waals surface area contributed by atoms with Gasteiger partial charge >= 0.3 is 6.18 Å². The maximum Gasteiger partial charge on any atom is 0.389 e. The highest BCUT2D eigenvalue weighted by molar-refractivity contribution is 5.64. The molecular weight excluding hydrogens is 213 g/mol. The Morgan fingerprint density at radius 1 is 1.31 bits per heavy atom. The lowest BCUT2D eigenvalue weighted by Gasteiger charge is -2.09. The maximum absolute atomic E-state index is 12.0. The van der Waals surface area contributed by atoms with Crippen LogP contribution in [-0.2, 0) is 6.42 Å². The SMILES string of the molecule is C=C(C)c1ccc(CCC(F)(F)F)cc1C. The van der Waals surface area contributed by atoms with Gasteiger partial charge in [-0.3, -0.25) is 0 Å². The highest BCUT2D eigenvalue weighted by atomic mass is 19.4. The van der Waals surface area contributed by atoms with Crippen molar-refractivity contribution in [2.75, 3.05) is 0 Å². The first kappa shape index (κ1) is 12.8. The van der Waals surface area contributed by atoms with Crippen molar-refractivity contribution in [3.05, 3.63) is 41.5 Å². The Morgan fingerprint density at radius 3 is 2.38 bits per heavy atom. The van der Waals surface area contributed by atoms with Crippen LogP contribution in [0.2, 0.25) is 0 Å². The molecule has 0 nitrogen and oxygen atoms in total. The first-order valence-electron chi connectivity index (χ1n) is 5.12. The molecule has 1 aromatic rings. The van der Waals surface area contributed by atoms with Crippen molar-refractivity contribution in [3.63, 3.8) is 0 Å². The normalized spacial score (nSPS) is 11.6. The highest BCUT2D eigenvalue weighted by Gasteiger charge is 2.26. The van der Waals surface area contributed by atoms with E-state index in [-0.39, 0.29) is 6.42 Å². The largest absolute Gasteiger partial charge is 0.389 e. The molecule has 1 rings (SSSR count). The molecule has 0 bridgehead atoms. The fraction of sp³-hybridized carbons (Fsp3) is 0.385. The number of halogens is 3. The zero-order valence-corrected chi connectivity index (χ0v) is 9.49.